The topological polar surface area (TPSA) is 76.9 Å². The van der Waals surface area contributed by atoms with E-state index in [1.807, 2.05) is 0 Å². The van der Waals surface area contributed by atoms with E-state index in [2.05, 4.69) is 4.98 Å². The average Bonchev–Trinajstić information content (AvgIpc) is 2.17. The Bertz CT molecular complexity index is 640. The van der Waals surface area contributed by atoms with Gasteiger partial charge in [-0.15, -0.1) is 0 Å². The lowest BCUT2D eigenvalue weighted by molar-refractivity contribution is 0.478. The van der Waals surface area contributed by atoms with Gasteiger partial charge in [0.1, 0.15) is 17.6 Å². The van der Waals surface area contributed by atoms with E-state index in [1.54, 1.807) is 6.07 Å². The molecule has 5 heteroatoms. The predicted molar refractivity (Wildman–Crippen MR) is 50.9 cm³/mol. The normalized spacial score (nSPS) is 10.1. The van der Waals surface area contributed by atoms with Crippen molar-refractivity contribution in [1.29, 1.82) is 5.26 Å². The minimum absolute atomic E-state index is 0.163. The molecule has 2 N–H and O–H groups in total. The van der Waals surface area contributed by atoms with E-state index in [1.165, 1.54) is 6.07 Å². The molecule has 15 heavy (non-hydrogen) atoms. The maximum atomic E-state index is 12.8. The molecule has 2 aromatic rings. The van der Waals surface area contributed by atoms with Gasteiger partial charge in [-0.25, -0.2) is 4.39 Å². The van der Waals surface area contributed by atoms with Crippen molar-refractivity contribution in [2.45, 2.75) is 0 Å². The monoisotopic (exact) mass is 204 g/mol. The highest BCUT2D eigenvalue weighted by atomic mass is 19.1. The summed E-state index contributed by atoms with van der Waals surface area (Å²) in [5.41, 5.74) is -0.932. The summed E-state index contributed by atoms with van der Waals surface area (Å²) >= 11 is 0. The van der Waals surface area contributed by atoms with E-state index in [-0.39, 0.29) is 16.5 Å². The summed E-state index contributed by atoms with van der Waals surface area (Å²) in [4.78, 5) is 13.5. The van der Waals surface area contributed by atoms with Crippen molar-refractivity contribution in [2.24, 2.45) is 0 Å². The molecule has 0 radical (unpaired) electrons. The molecular formula is C10H5FN2O2. The van der Waals surface area contributed by atoms with E-state index >= 15 is 0 Å². The van der Waals surface area contributed by atoms with Crippen LogP contribution in [0, 0.1) is 17.1 Å². The summed E-state index contributed by atoms with van der Waals surface area (Å²) in [5, 5.41) is 18.4. The van der Waals surface area contributed by atoms with Crippen molar-refractivity contribution >= 4 is 10.9 Å². The van der Waals surface area contributed by atoms with Gasteiger partial charge < -0.3 is 10.1 Å². The first-order chi connectivity index (χ1) is 7.13. The van der Waals surface area contributed by atoms with Crippen LogP contribution in [0.5, 0.6) is 5.75 Å². The van der Waals surface area contributed by atoms with Gasteiger partial charge in [-0.2, -0.15) is 5.26 Å². The third-order valence-corrected chi connectivity index (χ3v) is 2.06. The molecule has 0 amide bonds. The number of rotatable bonds is 0. The molecule has 0 saturated carbocycles. The molecule has 0 atom stereocenters. The van der Waals surface area contributed by atoms with Crippen molar-refractivity contribution in [1.82, 2.24) is 4.98 Å². The minimum atomic E-state index is -0.729. The van der Waals surface area contributed by atoms with Crippen molar-refractivity contribution in [2.75, 3.05) is 0 Å². The van der Waals surface area contributed by atoms with Gasteiger partial charge in [-0.3, -0.25) is 4.79 Å². The van der Waals surface area contributed by atoms with Gasteiger partial charge >= 0.3 is 0 Å². The molecule has 0 aliphatic carbocycles. The zero-order valence-electron chi connectivity index (χ0n) is 7.41. The fraction of sp³-hybridized carbons (Fsp3) is 0. The Kier molecular flexibility index (Phi) is 1.90. The number of hydrogen-bond donors (Lipinski definition) is 2. The molecule has 1 heterocycles. The highest BCUT2D eigenvalue weighted by Crippen LogP contribution is 2.24. The van der Waals surface area contributed by atoms with Crippen molar-refractivity contribution in [3.63, 3.8) is 0 Å². The van der Waals surface area contributed by atoms with Crippen LogP contribution in [0.1, 0.15) is 5.56 Å². The summed E-state index contributed by atoms with van der Waals surface area (Å²) in [6, 6.07) is 5.11. The highest BCUT2D eigenvalue weighted by molar-refractivity contribution is 5.86. The summed E-state index contributed by atoms with van der Waals surface area (Å²) in [6.07, 6.45) is 0. The zero-order valence-corrected chi connectivity index (χ0v) is 7.41. The van der Waals surface area contributed by atoms with Crippen molar-refractivity contribution in [3.05, 3.63) is 39.9 Å². The minimum Gasteiger partial charge on any atom is -0.506 e. The van der Waals surface area contributed by atoms with E-state index in [0.717, 1.165) is 12.1 Å². The lowest BCUT2D eigenvalue weighted by Crippen LogP contribution is -2.10. The zero-order chi connectivity index (χ0) is 11.0. The molecule has 4 nitrogen and oxygen atoms in total. The second-order valence-corrected chi connectivity index (χ2v) is 2.98. The Morgan fingerprint density at radius 2 is 2.20 bits per heavy atom. The Labute approximate surface area is 83.2 Å². The van der Waals surface area contributed by atoms with Crippen LogP contribution in [-0.4, -0.2) is 10.1 Å². The predicted octanol–water partition coefficient (Wildman–Crippen LogP) is 1.24. The molecule has 0 spiro atoms. The number of H-pyrrole nitrogens is 1. The summed E-state index contributed by atoms with van der Waals surface area (Å²) in [5.74, 6) is -0.946. The number of hydrogen-bond acceptors (Lipinski definition) is 3. The Morgan fingerprint density at radius 1 is 1.47 bits per heavy atom. The molecule has 0 unspecified atom stereocenters. The first kappa shape index (κ1) is 9.21. The van der Waals surface area contributed by atoms with Crippen molar-refractivity contribution in [3.8, 4) is 11.8 Å². The number of aromatic hydroxyl groups is 1. The number of fused-ring (bicyclic) bond motifs is 1. The number of nitrogens with zero attached hydrogens (tertiary/aromatic N) is 1. The van der Waals surface area contributed by atoms with Crippen LogP contribution in [0.15, 0.2) is 23.0 Å². The second kappa shape index (κ2) is 3.10. The SMILES string of the molecule is N#Cc1c(O)c2ccc(F)cc2[nH]c1=O. The Hall–Kier alpha value is -2.35. The van der Waals surface area contributed by atoms with Gasteiger partial charge in [0.2, 0.25) is 0 Å². The molecule has 2 rings (SSSR count). The molecule has 0 aliphatic rings. The van der Waals surface area contributed by atoms with E-state index in [9.17, 15) is 14.3 Å². The Balaban J connectivity index is 2.99. The van der Waals surface area contributed by atoms with Gasteiger partial charge in [-0.1, -0.05) is 0 Å². The average molecular weight is 204 g/mol. The maximum absolute atomic E-state index is 12.8. The first-order valence-corrected chi connectivity index (χ1v) is 4.08. The highest BCUT2D eigenvalue weighted by Gasteiger charge is 2.11. The quantitative estimate of drug-likeness (QED) is 0.677. The van der Waals surface area contributed by atoms with Gasteiger partial charge in [-0.05, 0) is 18.2 Å². The van der Waals surface area contributed by atoms with Crippen LogP contribution < -0.4 is 5.56 Å². The molecular weight excluding hydrogens is 199 g/mol. The summed E-state index contributed by atoms with van der Waals surface area (Å²) < 4.78 is 12.8. The largest absolute Gasteiger partial charge is 0.506 e. The van der Waals surface area contributed by atoms with Crippen LogP contribution >= 0.6 is 0 Å². The fourth-order valence-electron chi connectivity index (χ4n) is 1.36. The molecule has 1 aromatic heterocycles. The number of nitrogens with one attached hydrogen (secondary N) is 1. The molecule has 0 aliphatic heterocycles. The molecule has 0 bridgehead atoms. The smallest absolute Gasteiger partial charge is 0.270 e. The molecule has 0 fully saturated rings. The number of aromatic amines is 1. The fourth-order valence-corrected chi connectivity index (χ4v) is 1.36. The van der Waals surface area contributed by atoms with Gasteiger partial charge in [0.15, 0.2) is 5.56 Å². The van der Waals surface area contributed by atoms with Gasteiger partial charge in [0.05, 0.1) is 5.52 Å². The van der Waals surface area contributed by atoms with E-state index in [0.29, 0.717) is 0 Å². The van der Waals surface area contributed by atoms with E-state index < -0.39 is 17.1 Å². The third-order valence-electron chi connectivity index (χ3n) is 2.06. The summed E-state index contributed by atoms with van der Waals surface area (Å²) in [7, 11) is 0. The van der Waals surface area contributed by atoms with Crippen LogP contribution in [-0.2, 0) is 0 Å². The standard InChI is InChI=1S/C10H5FN2O2/c11-5-1-2-6-8(3-5)13-10(15)7(4-12)9(6)14/h1-3H,(H2,13,14,15). The lowest BCUT2D eigenvalue weighted by atomic mass is 10.1. The second-order valence-electron chi connectivity index (χ2n) is 2.98. The third kappa shape index (κ3) is 1.32. The molecule has 0 saturated heterocycles. The maximum Gasteiger partial charge on any atom is 0.270 e. The van der Waals surface area contributed by atoms with Crippen LogP contribution in [0.25, 0.3) is 10.9 Å². The van der Waals surface area contributed by atoms with Gasteiger partial charge in [0.25, 0.3) is 5.56 Å². The van der Waals surface area contributed by atoms with Gasteiger partial charge in [0, 0.05) is 5.39 Å². The van der Waals surface area contributed by atoms with E-state index in [4.69, 9.17) is 5.26 Å². The van der Waals surface area contributed by atoms with Crippen LogP contribution in [0.4, 0.5) is 4.39 Å². The number of nitriles is 1. The van der Waals surface area contributed by atoms with Crippen LogP contribution in [0.2, 0.25) is 0 Å². The summed E-state index contributed by atoms with van der Waals surface area (Å²) in [6.45, 7) is 0. The number of halogens is 1. The first-order valence-electron chi connectivity index (χ1n) is 4.08. The van der Waals surface area contributed by atoms with Crippen molar-refractivity contribution < 1.29 is 9.50 Å². The number of benzene rings is 1. The van der Waals surface area contributed by atoms with Crippen LogP contribution in [0.3, 0.4) is 0 Å². The molecule has 74 valence electrons. The Morgan fingerprint density at radius 3 is 2.87 bits per heavy atom. The number of aromatic nitrogens is 1. The number of pyridine rings is 1. The lowest BCUT2D eigenvalue weighted by Gasteiger charge is -2.01. The molecule has 1 aromatic carbocycles.